The Morgan fingerprint density at radius 2 is 1.66 bits per heavy atom. The first-order valence-electron chi connectivity index (χ1n) is 10.0. The molecule has 2 aromatic carbocycles. The molecule has 0 bridgehead atoms. The molecule has 0 radical (unpaired) electrons. The van der Waals surface area contributed by atoms with Gasteiger partial charge in [0.15, 0.2) is 0 Å². The first kappa shape index (κ1) is 23.4. The second kappa shape index (κ2) is 10.9. The first-order chi connectivity index (χ1) is 15.4. The van der Waals surface area contributed by atoms with Crippen molar-refractivity contribution in [3.63, 3.8) is 0 Å². The Kier molecular flexibility index (Phi) is 7.96. The molecule has 0 aromatic heterocycles. The topological polar surface area (TPSA) is 119 Å². The van der Waals surface area contributed by atoms with E-state index in [1.807, 2.05) is 24.3 Å². The minimum absolute atomic E-state index is 0.00387. The van der Waals surface area contributed by atoms with E-state index < -0.39 is 18.0 Å². The summed E-state index contributed by atoms with van der Waals surface area (Å²) in [4.78, 5) is 52.2. The summed E-state index contributed by atoms with van der Waals surface area (Å²) < 4.78 is 0.902. The van der Waals surface area contributed by atoms with Crippen LogP contribution in [0, 0.1) is 0 Å². The molecule has 10 heteroatoms. The molecule has 168 valence electrons. The van der Waals surface area contributed by atoms with Crippen molar-refractivity contribution in [2.24, 2.45) is 0 Å². The van der Waals surface area contributed by atoms with Crippen LogP contribution in [0.25, 0.3) is 0 Å². The normalized spacial score (nSPS) is 15.8. The van der Waals surface area contributed by atoms with Crippen LogP contribution in [0.15, 0.2) is 59.1 Å². The Balaban J connectivity index is 1.73. The number of hydrogen-bond acceptors (Lipinski definition) is 5. The summed E-state index contributed by atoms with van der Waals surface area (Å²) in [7, 11) is 0. The van der Waals surface area contributed by atoms with E-state index in [0.29, 0.717) is 5.69 Å². The van der Waals surface area contributed by atoms with Gasteiger partial charge in [-0.1, -0.05) is 46.3 Å². The predicted octanol–water partition coefficient (Wildman–Crippen LogP) is 2.58. The lowest BCUT2D eigenvalue weighted by Gasteiger charge is -2.22. The van der Waals surface area contributed by atoms with Crippen LogP contribution in [-0.4, -0.2) is 46.4 Å². The van der Waals surface area contributed by atoms with Gasteiger partial charge in [-0.25, -0.2) is 15.2 Å². The molecule has 1 unspecified atom stereocenters. The maximum Gasteiger partial charge on any atom is 0.332 e. The summed E-state index contributed by atoms with van der Waals surface area (Å²) in [6, 6.07) is 14.9. The third kappa shape index (κ3) is 5.71. The fourth-order valence-electron chi connectivity index (χ4n) is 3.42. The van der Waals surface area contributed by atoms with E-state index in [0.717, 1.165) is 14.9 Å². The Morgan fingerprint density at radius 3 is 2.31 bits per heavy atom. The largest absolute Gasteiger partial charge is 0.356 e. The second-order valence-corrected chi connectivity index (χ2v) is 8.15. The number of amides is 5. The van der Waals surface area contributed by atoms with E-state index >= 15 is 0 Å². The van der Waals surface area contributed by atoms with Gasteiger partial charge in [0.25, 0.3) is 5.91 Å². The lowest BCUT2D eigenvalue weighted by atomic mass is 10.1. The van der Waals surface area contributed by atoms with E-state index in [2.05, 4.69) is 21.2 Å². The number of halogens is 1. The number of benzene rings is 2. The van der Waals surface area contributed by atoms with Crippen molar-refractivity contribution in [2.45, 2.75) is 31.8 Å². The van der Waals surface area contributed by atoms with E-state index in [4.69, 9.17) is 5.21 Å². The highest BCUT2D eigenvalue weighted by Crippen LogP contribution is 2.29. The molecule has 32 heavy (non-hydrogen) atoms. The van der Waals surface area contributed by atoms with Gasteiger partial charge >= 0.3 is 6.03 Å². The molecule has 0 aliphatic carbocycles. The summed E-state index contributed by atoms with van der Waals surface area (Å²) in [6.07, 6.45) is 0.0763. The van der Waals surface area contributed by atoms with Crippen LogP contribution in [0.5, 0.6) is 0 Å². The van der Waals surface area contributed by atoms with E-state index in [1.165, 1.54) is 10.4 Å². The van der Waals surface area contributed by atoms with Gasteiger partial charge in [0.1, 0.15) is 6.04 Å². The molecule has 1 heterocycles. The summed E-state index contributed by atoms with van der Waals surface area (Å²) in [5.41, 5.74) is 2.82. The molecule has 9 nitrogen and oxygen atoms in total. The minimum Gasteiger partial charge on any atom is -0.356 e. The lowest BCUT2D eigenvalue weighted by Crippen LogP contribution is -2.36. The average molecular weight is 503 g/mol. The standard InChI is InChI=1S/C22H23BrN4O5/c23-16-8-6-15(7-9-16)14-26-18(10-11-19(28)24-13-12-20(29)25-32)21(30)27(22(26)31)17-4-2-1-3-5-17/h1-9,18,32H,10-14H2,(H,24,28)(H,25,29). The molecule has 3 N–H and O–H groups in total. The van der Waals surface area contributed by atoms with Crippen LogP contribution in [-0.2, 0) is 20.9 Å². The van der Waals surface area contributed by atoms with Crippen LogP contribution in [0.3, 0.4) is 0 Å². The zero-order valence-electron chi connectivity index (χ0n) is 17.2. The molecule has 0 spiro atoms. The Labute approximate surface area is 193 Å². The molecular weight excluding hydrogens is 480 g/mol. The number of rotatable bonds is 9. The van der Waals surface area contributed by atoms with Gasteiger partial charge in [-0.3, -0.25) is 19.6 Å². The predicted molar refractivity (Wildman–Crippen MR) is 120 cm³/mol. The number of carbonyl (C=O) groups is 4. The maximum absolute atomic E-state index is 13.2. The monoisotopic (exact) mass is 502 g/mol. The van der Waals surface area contributed by atoms with Crippen molar-refractivity contribution >= 4 is 45.4 Å². The quantitative estimate of drug-likeness (QED) is 0.276. The molecule has 1 fully saturated rings. The third-order valence-electron chi connectivity index (χ3n) is 5.04. The number of carbonyl (C=O) groups excluding carboxylic acids is 4. The first-order valence-corrected chi connectivity index (χ1v) is 10.8. The summed E-state index contributed by atoms with van der Waals surface area (Å²) in [5.74, 6) is -1.34. The Bertz CT molecular complexity index is 984. The molecule has 3 rings (SSSR count). The van der Waals surface area contributed by atoms with Crippen molar-refractivity contribution in [3.05, 3.63) is 64.6 Å². The zero-order chi connectivity index (χ0) is 23.1. The van der Waals surface area contributed by atoms with Crippen LogP contribution >= 0.6 is 15.9 Å². The van der Waals surface area contributed by atoms with Crippen molar-refractivity contribution in [1.29, 1.82) is 0 Å². The second-order valence-electron chi connectivity index (χ2n) is 7.24. The summed E-state index contributed by atoms with van der Waals surface area (Å²) >= 11 is 3.38. The molecule has 0 saturated carbocycles. The van der Waals surface area contributed by atoms with Crippen molar-refractivity contribution in [1.82, 2.24) is 15.7 Å². The molecule has 1 saturated heterocycles. The number of hydrogen-bond donors (Lipinski definition) is 3. The van der Waals surface area contributed by atoms with E-state index in [9.17, 15) is 19.2 Å². The zero-order valence-corrected chi connectivity index (χ0v) is 18.7. The van der Waals surface area contributed by atoms with Crippen LogP contribution in [0.2, 0.25) is 0 Å². The van der Waals surface area contributed by atoms with Crippen LogP contribution in [0.4, 0.5) is 10.5 Å². The SMILES string of the molecule is O=C(CCNC(=O)CCC1C(=O)N(c2ccccc2)C(=O)N1Cc1ccc(Br)cc1)NO. The van der Waals surface area contributed by atoms with Crippen LogP contribution < -0.4 is 15.7 Å². The van der Waals surface area contributed by atoms with E-state index in [1.54, 1.807) is 30.3 Å². The number of nitrogens with zero attached hydrogens (tertiary/aromatic N) is 2. The molecule has 2 aromatic rings. The Hall–Kier alpha value is -3.24. The van der Waals surface area contributed by atoms with E-state index in [-0.39, 0.29) is 44.2 Å². The van der Waals surface area contributed by atoms with Gasteiger partial charge in [0, 0.05) is 30.4 Å². The average Bonchev–Trinajstić information content (AvgIpc) is 3.03. The summed E-state index contributed by atoms with van der Waals surface area (Å²) in [6.45, 7) is 0.283. The fourth-order valence-corrected chi connectivity index (χ4v) is 3.69. The minimum atomic E-state index is -0.794. The summed E-state index contributed by atoms with van der Waals surface area (Å²) in [5, 5.41) is 11.1. The Morgan fingerprint density at radius 1 is 0.969 bits per heavy atom. The van der Waals surface area contributed by atoms with Gasteiger partial charge in [-0.2, -0.15) is 0 Å². The molecule has 1 aliphatic heterocycles. The third-order valence-corrected chi connectivity index (χ3v) is 5.57. The number of hydroxylamine groups is 1. The fraction of sp³-hybridized carbons (Fsp3) is 0.273. The van der Waals surface area contributed by atoms with Gasteiger partial charge in [-0.15, -0.1) is 0 Å². The number of imide groups is 1. The highest BCUT2D eigenvalue weighted by molar-refractivity contribution is 9.10. The smallest absolute Gasteiger partial charge is 0.332 e. The highest BCUT2D eigenvalue weighted by atomic mass is 79.9. The van der Waals surface area contributed by atoms with Crippen molar-refractivity contribution < 1.29 is 24.4 Å². The highest BCUT2D eigenvalue weighted by Gasteiger charge is 2.45. The maximum atomic E-state index is 13.2. The number of urea groups is 1. The lowest BCUT2D eigenvalue weighted by molar-refractivity contribution is -0.129. The number of anilines is 1. The molecule has 1 atom stereocenters. The van der Waals surface area contributed by atoms with Crippen molar-refractivity contribution in [2.75, 3.05) is 11.4 Å². The van der Waals surface area contributed by atoms with Crippen molar-refractivity contribution in [3.8, 4) is 0 Å². The van der Waals surface area contributed by atoms with Gasteiger partial charge < -0.3 is 10.2 Å². The van der Waals surface area contributed by atoms with Gasteiger partial charge in [0.05, 0.1) is 5.69 Å². The molecular formula is C22H23BrN4O5. The van der Waals surface area contributed by atoms with Crippen LogP contribution in [0.1, 0.15) is 24.8 Å². The number of nitrogens with one attached hydrogen (secondary N) is 2. The number of para-hydroxylation sites is 1. The van der Waals surface area contributed by atoms with Gasteiger partial charge in [0.2, 0.25) is 11.8 Å². The van der Waals surface area contributed by atoms with Gasteiger partial charge in [-0.05, 0) is 36.2 Å². The molecule has 1 aliphatic rings. The molecule has 5 amide bonds.